The van der Waals surface area contributed by atoms with E-state index in [1.807, 2.05) is 111 Å². The number of ketones is 4. The summed E-state index contributed by atoms with van der Waals surface area (Å²) >= 11 is 0. The monoisotopic (exact) mass is 1930 g/mol. The predicted molar refractivity (Wildman–Crippen MR) is 520 cm³/mol. The molecule has 6 amide bonds. The van der Waals surface area contributed by atoms with Gasteiger partial charge in [0.15, 0.2) is 5.78 Å². The van der Waals surface area contributed by atoms with Crippen LogP contribution in [0.2, 0.25) is 0 Å². The number of benzene rings is 4. The number of para-hydroxylation sites is 1. The Bertz CT molecular complexity index is 5150. The van der Waals surface area contributed by atoms with E-state index in [9.17, 15) is 56.7 Å². The van der Waals surface area contributed by atoms with Crippen LogP contribution < -0.4 is 26.2 Å². The number of anilines is 2. The van der Waals surface area contributed by atoms with Crippen LogP contribution in [0.4, 0.5) is 11.4 Å². The zero-order valence-corrected chi connectivity index (χ0v) is 83.2. The third-order valence-corrected chi connectivity index (χ3v) is 30.6. The largest absolute Gasteiger partial charge is 0.508 e. The van der Waals surface area contributed by atoms with Crippen molar-refractivity contribution in [3.8, 4) is 17.6 Å². The van der Waals surface area contributed by atoms with E-state index < -0.39 is 73.3 Å². The van der Waals surface area contributed by atoms with Gasteiger partial charge in [0.05, 0.1) is 146 Å². The fourth-order valence-corrected chi connectivity index (χ4v) is 21.9. The minimum atomic E-state index is -4.09. The first-order chi connectivity index (χ1) is 66.2. The lowest BCUT2D eigenvalue weighted by molar-refractivity contribution is -0.157. The second kappa shape index (κ2) is 52.9. The molecule has 756 valence electrons. The second-order valence-corrected chi connectivity index (χ2v) is 41.2. The van der Waals surface area contributed by atoms with E-state index >= 15 is 4.79 Å². The first-order valence-corrected chi connectivity index (χ1v) is 51.7. The van der Waals surface area contributed by atoms with Crippen LogP contribution in [-0.2, 0) is 144 Å². The molecular formula is C106H148N8O23S. The Balaban J connectivity index is 0.614. The van der Waals surface area contributed by atoms with Gasteiger partial charge in [0.1, 0.15) is 41.5 Å². The number of nitrogens with one attached hydrogen (secondary N) is 4. The van der Waals surface area contributed by atoms with Crippen molar-refractivity contribution in [3.63, 3.8) is 0 Å². The number of hydrogen-bond donors (Lipinski definition) is 6. The quantitative estimate of drug-likeness (QED) is 0.00911. The zero-order valence-electron chi connectivity index (χ0n) is 82.4. The highest BCUT2D eigenvalue weighted by Crippen LogP contribution is 2.66. The molecule has 11 rings (SSSR count). The number of aromatic hydroxyl groups is 1. The molecule has 10 atom stereocenters. The number of nitrogens with zero attached hydrogens (tertiary/aromatic N) is 4. The maximum atomic E-state index is 15.2. The van der Waals surface area contributed by atoms with Crippen LogP contribution in [0.3, 0.4) is 0 Å². The minimum Gasteiger partial charge on any atom is -0.508 e. The standard InChI is InChI=1S/C106H148N8O23S/c1-74(2)96(91(119)68-75(3)98(122)108-82-36-33-78-41-48-106(8)104(6,88(78)70-82)46-21-47-105(106,7)101(125)110-100(124)103(5)45-20-44-102(4)87-71-85(117)37-34-77(87)35-39-93(102)103)109-99(123)80(69-86(118)43-53-131-57-61-135-64-63-133-59-55-129-51-18-26-83(115)38-40-95(121)113-72-81-25-13-12-22-76(81)31-32-79-23-14-15-28-89(79)113)24-16-17-49-107-94(120)73-137-92-30-11-9-10-29-90-97(92)111-112-114(90)50-54-132-58-62-136-66-65-134-60-56-130-52-42-84(116)27-19-67-138(126,127)128/h12-15,22-23,25,28,33-34,36-37,70-71,74-75,80,92-93,96,117H,9-11,16-21,24,26-27,29-30,35,38-69,72-73H2,1-8H3,(H,107,120)(H,108,122)(H,109,123)(H,110,124,125)(H,126,127,128)/t75-,80+,92?,93-,96+,102-,103+,104-,105-,106-/m1/s1. The number of rotatable bonds is 58. The fraction of sp³-hybridized carbons (Fsp3) is 0.642. The molecule has 2 heterocycles. The smallest absolute Gasteiger partial charge is 0.264 e. The highest BCUT2D eigenvalue weighted by atomic mass is 32.2. The average molecular weight is 1930 g/mol. The van der Waals surface area contributed by atoms with Crippen LogP contribution in [-0.4, -0.2) is 222 Å². The van der Waals surface area contributed by atoms with E-state index in [4.69, 9.17) is 47.2 Å². The van der Waals surface area contributed by atoms with Gasteiger partial charge in [-0.05, 0) is 195 Å². The number of aryl methyl sites for hydroxylation is 2. The van der Waals surface area contributed by atoms with Crippen molar-refractivity contribution in [3.05, 3.63) is 135 Å². The maximum Gasteiger partial charge on any atom is 0.264 e. The Morgan fingerprint density at radius 3 is 1.88 bits per heavy atom. The minimum absolute atomic E-state index is 0.0107. The van der Waals surface area contributed by atoms with Gasteiger partial charge in [-0.15, -0.1) is 5.10 Å². The van der Waals surface area contributed by atoms with Crippen LogP contribution >= 0.6 is 0 Å². The Morgan fingerprint density at radius 2 is 1.18 bits per heavy atom. The number of phenols is 1. The number of amides is 6. The summed E-state index contributed by atoms with van der Waals surface area (Å²) in [4.78, 5) is 141. The van der Waals surface area contributed by atoms with Crippen LogP contribution in [0.25, 0.3) is 0 Å². The molecule has 2 fully saturated rings. The highest BCUT2D eigenvalue weighted by molar-refractivity contribution is 7.85. The molecule has 0 radical (unpaired) electrons. The Morgan fingerprint density at radius 1 is 0.558 bits per heavy atom. The fourth-order valence-electron chi connectivity index (χ4n) is 21.4. The molecule has 6 N–H and O–H groups in total. The van der Waals surface area contributed by atoms with E-state index in [-0.39, 0.29) is 187 Å². The van der Waals surface area contributed by atoms with Crippen LogP contribution in [0.5, 0.6) is 5.75 Å². The third-order valence-electron chi connectivity index (χ3n) is 29.7. The van der Waals surface area contributed by atoms with Crippen LogP contribution in [0.1, 0.15) is 272 Å². The zero-order chi connectivity index (χ0) is 98.9. The Kier molecular flexibility index (Phi) is 41.8. The van der Waals surface area contributed by atoms with Gasteiger partial charge >= 0.3 is 0 Å². The molecule has 31 nitrogen and oxygen atoms in total. The van der Waals surface area contributed by atoms with Gasteiger partial charge < -0.3 is 68.6 Å². The van der Waals surface area contributed by atoms with Crippen LogP contribution in [0.15, 0.2) is 84.9 Å². The van der Waals surface area contributed by atoms with Gasteiger partial charge in [0.25, 0.3) is 10.1 Å². The molecule has 0 bridgehead atoms. The van der Waals surface area contributed by atoms with Crippen molar-refractivity contribution in [1.29, 1.82) is 0 Å². The topological polar surface area (TPSA) is 410 Å². The summed E-state index contributed by atoms with van der Waals surface area (Å²) in [6, 6.07) is 25.9. The third kappa shape index (κ3) is 30.1. The molecule has 1 aromatic heterocycles. The van der Waals surface area contributed by atoms with Gasteiger partial charge in [0.2, 0.25) is 35.4 Å². The number of Topliss-reactive ketones (excluding diaryl/α,β-unsaturated/α-hetero) is 4. The maximum absolute atomic E-state index is 15.2. The molecule has 32 heteroatoms. The lowest BCUT2D eigenvalue weighted by Crippen LogP contribution is -2.64. The van der Waals surface area contributed by atoms with Gasteiger partial charge in [-0.25, -0.2) is 4.68 Å². The second-order valence-electron chi connectivity index (χ2n) is 39.6. The number of phenolic OH excluding ortho intramolecular Hbond substituents is 1. The molecule has 1 aliphatic heterocycles. The summed E-state index contributed by atoms with van der Waals surface area (Å²) < 4.78 is 84.0. The Hall–Kier alpha value is -9.37. The van der Waals surface area contributed by atoms with Crippen molar-refractivity contribution >= 4 is 80.1 Å². The number of carbonyl (C=O) groups excluding carboxylic acids is 10. The number of ether oxygens (including phenoxy) is 9. The summed E-state index contributed by atoms with van der Waals surface area (Å²) in [7, 11) is -4.09. The number of unbranched alkanes of at least 4 members (excludes halogenated alkanes) is 1. The summed E-state index contributed by atoms with van der Waals surface area (Å²) in [6.07, 6.45) is 13.3. The molecule has 6 aliphatic rings. The lowest BCUT2D eigenvalue weighted by atomic mass is 9.41. The SMILES string of the molecule is CC(C)[C@H](NC(=O)[C@@H](CCCCNC(=O)COC1CCCCCc2c1nnn2CCOCCOCCOCCOCCC(=O)CCCS(=O)(=O)O)CC(=O)CCOCCOCCOCCOCCCC(=O)CCC(=O)N1Cc2ccccc2C#Cc2ccccc21)C(=O)C[C@@H](C)C(=O)Nc1ccc2c(c1)[C@@]1(C)CCC[C@](C)(C(=O)NC(=O)[C@@]3(C)CCC[C@]4(C)c5cc(O)ccc5CC[C@@H]34)[C@]1(C)CC2. The summed E-state index contributed by atoms with van der Waals surface area (Å²) in [5, 5.41) is 31.7. The van der Waals surface area contributed by atoms with Crippen molar-refractivity contribution in [2.45, 2.75) is 271 Å². The van der Waals surface area contributed by atoms with E-state index in [2.05, 4.69) is 64.2 Å². The summed E-state index contributed by atoms with van der Waals surface area (Å²) in [5.41, 5.74) is 6.75. The number of carbonyl (C=O) groups is 10. The van der Waals surface area contributed by atoms with Gasteiger partial charge in [-0.2, -0.15) is 8.42 Å². The lowest BCUT2D eigenvalue weighted by Gasteiger charge is -2.62. The number of imide groups is 1. The van der Waals surface area contributed by atoms with E-state index in [0.29, 0.717) is 142 Å². The van der Waals surface area contributed by atoms with Gasteiger partial charge in [-0.1, -0.05) is 147 Å². The molecule has 1 unspecified atom stereocenters. The van der Waals surface area contributed by atoms with Crippen molar-refractivity contribution in [1.82, 2.24) is 30.9 Å². The van der Waals surface area contributed by atoms with E-state index in [1.54, 1.807) is 17.9 Å². The molecule has 5 aliphatic carbocycles. The molecular weight excluding hydrogens is 1790 g/mol. The number of hydrogen-bond acceptors (Lipinski definition) is 24. The molecule has 0 saturated heterocycles. The predicted octanol–water partition coefficient (Wildman–Crippen LogP) is 13.4. The van der Waals surface area contributed by atoms with E-state index in [0.717, 1.165) is 109 Å². The molecule has 2 saturated carbocycles. The number of fused-ring (bicyclic) bond motifs is 9. The van der Waals surface area contributed by atoms with E-state index in [1.165, 1.54) is 5.56 Å². The van der Waals surface area contributed by atoms with Crippen molar-refractivity contribution < 1.29 is 109 Å². The molecule has 4 aromatic carbocycles. The Labute approximate surface area is 814 Å². The highest BCUT2D eigenvalue weighted by Gasteiger charge is 2.64. The van der Waals surface area contributed by atoms with Gasteiger partial charge in [0, 0.05) is 93.2 Å². The summed E-state index contributed by atoms with van der Waals surface area (Å²) in [5.74, 6) is 1.54. The molecule has 5 aromatic rings. The van der Waals surface area contributed by atoms with Crippen molar-refractivity contribution in [2.24, 2.45) is 39.9 Å². The first kappa shape index (κ1) is 109. The van der Waals surface area contributed by atoms with Crippen LogP contribution in [0, 0.1) is 51.8 Å². The molecule has 0 spiro atoms. The molecule has 138 heavy (non-hydrogen) atoms. The average Bonchev–Trinajstić information content (AvgIpc) is 0.715. The number of aromatic nitrogens is 3. The first-order valence-electron chi connectivity index (χ1n) is 50.1. The van der Waals surface area contributed by atoms with Gasteiger partial charge in [-0.3, -0.25) is 57.8 Å². The normalized spacial score (nSPS) is 21.6. The van der Waals surface area contributed by atoms with Crippen molar-refractivity contribution in [2.75, 3.05) is 135 Å². The summed E-state index contributed by atoms with van der Waals surface area (Å²) in [6.45, 7) is 21.5.